The lowest BCUT2D eigenvalue weighted by Gasteiger charge is -2.27. The molecule has 0 aromatic rings. The number of sulfone groups is 1. The number of rotatable bonds is 4. The van der Waals surface area contributed by atoms with Gasteiger partial charge >= 0.3 is 0 Å². The molecule has 1 aliphatic carbocycles. The first-order valence-corrected chi connectivity index (χ1v) is 6.79. The zero-order valence-electron chi connectivity index (χ0n) is 8.07. The number of hydrogen-bond acceptors (Lipinski definition) is 3. The third kappa shape index (κ3) is 2.44. The highest BCUT2D eigenvalue weighted by Gasteiger charge is 2.34. The Hall–Kier alpha value is -0.0900. The van der Waals surface area contributed by atoms with Gasteiger partial charge in [0.1, 0.15) is 0 Å². The van der Waals surface area contributed by atoms with Gasteiger partial charge in [-0.25, -0.2) is 8.42 Å². The zero-order chi connectivity index (χ0) is 9.47. The van der Waals surface area contributed by atoms with Gasteiger partial charge in [0.05, 0.1) is 11.5 Å². The first-order chi connectivity index (χ1) is 6.07. The van der Waals surface area contributed by atoms with Crippen LogP contribution >= 0.6 is 0 Å². The van der Waals surface area contributed by atoms with Crippen molar-refractivity contribution >= 4 is 9.84 Å². The summed E-state index contributed by atoms with van der Waals surface area (Å²) in [6.45, 7) is 1.07. The predicted octanol–water partition coefficient (Wildman–Crippen LogP) is 0.515. The highest BCUT2D eigenvalue weighted by molar-refractivity contribution is 7.92. The number of nitrogens with zero attached hydrogens (tertiary/aromatic N) is 1. The smallest absolute Gasteiger partial charge is 0.150 e. The lowest BCUT2D eigenvalue weighted by atomic mass is 10.1. The molecule has 0 N–H and O–H groups in total. The van der Waals surface area contributed by atoms with Gasteiger partial charge in [-0.05, 0) is 38.8 Å². The van der Waals surface area contributed by atoms with E-state index < -0.39 is 9.84 Å². The van der Waals surface area contributed by atoms with Crippen molar-refractivity contribution < 1.29 is 8.42 Å². The molecule has 0 aromatic heterocycles. The van der Waals surface area contributed by atoms with Crippen molar-refractivity contribution in [1.82, 2.24) is 4.90 Å². The van der Waals surface area contributed by atoms with Crippen molar-refractivity contribution in [3.05, 3.63) is 0 Å². The molecular weight excluding hydrogens is 186 g/mol. The maximum absolute atomic E-state index is 10.9. The summed E-state index contributed by atoms with van der Waals surface area (Å²) in [5.41, 5.74) is 0. The van der Waals surface area contributed by atoms with Crippen LogP contribution in [-0.4, -0.2) is 44.5 Å². The molecule has 3 nitrogen and oxygen atoms in total. The molecule has 0 atom stereocenters. The average Bonchev–Trinajstić information content (AvgIpc) is 2.77. The van der Waals surface area contributed by atoms with E-state index in [1.165, 1.54) is 12.8 Å². The standard InChI is InChI=1S/C9H17NO2S/c1-10(9-2-3-9)5-4-8-6-13(11,12)7-8/h8-9H,2-7H2,1H3. The summed E-state index contributed by atoms with van der Waals surface area (Å²) in [4.78, 5) is 2.37. The van der Waals surface area contributed by atoms with Gasteiger partial charge in [0.2, 0.25) is 0 Å². The summed E-state index contributed by atoms with van der Waals surface area (Å²) in [5.74, 6) is 1.32. The molecular formula is C9H17NO2S. The van der Waals surface area contributed by atoms with Crippen LogP contribution in [0, 0.1) is 5.92 Å². The molecule has 76 valence electrons. The molecule has 2 aliphatic rings. The number of hydrogen-bond donors (Lipinski definition) is 0. The molecule has 1 saturated heterocycles. The highest BCUT2D eigenvalue weighted by atomic mass is 32.2. The van der Waals surface area contributed by atoms with E-state index in [-0.39, 0.29) is 0 Å². The van der Waals surface area contributed by atoms with Crippen LogP contribution < -0.4 is 0 Å². The first-order valence-electron chi connectivity index (χ1n) is 4.97. The van der Waals surface area contributed by atoms with Crippen molar-refractivity contribution in [3.63, 3.8) is 0 Å². The van der Waals surface area contributed by atoms with Crippen LogP contribution in [0.4, 0.5) is 0 Å². The Morgan fingerprint density at radius 1 is 1.31 bits per heavy atom. The fraction of sp³-hybridized carbons (Fsp3) is 1.00. The normalized spacial score (nSPS) is 27.5. The van der Waals surface area contributed by atoms with Gasteiger partial charge in [-0.3, -0.25) is 0 Å². The van der Waals surface area contributed by atoms with Crippen LogP contribution in [0.25, 0.3) is 0 Å². The molecule has 2 fully saturated rings. The molecule has 0 spiro atoms. The monoisotopic (exact) mass is 203 g/mol. The van der Waals surface area contributed by atoms with Gasteiger partial charge in [0, 0.05) is 6.04 Å². The van der Waals surface area contributed by atoms with Crippen molar-refractivity contribution in [1.29, 1.82) is 0 Å². The fourth-order valence-electron chi connectivity index (χ4n) is 1.92. The van der Waals surface area contributed by atoms with E-state index >= 15 is 0 Å². The summed E-state index contributed by atoms with van der Waals surface area (Å²) in [7, 11) is -0.458. The third-order valence-electron chi connectivity index (χ3n) is 3.04. The maximum Gasteiger partial charge on any atom is 0.150 e. The fourth-order valence-corrected chi connectivity index (χ4v) is 3.59. The highest BCUT2D eigenvalue weighted by Crippen LogP contribution is 2.27. The third-order valence-corrected chi connectivity index (χ3v) is 5.00. The molecule has 0 bridgehead atoms. The van der Waals surface area contributed by atoms with Gasteiger partial charge in [-0.2, -0.15) is 0 Å². The van der Waals surface area contributed by atoms with E-state index in [1.54, 1.807) is 0 Å². The zero-order valence-corrected chi connectivity index (χ0v) is 8.89. The molecule has 1 saturated carbocycles. The van der Waals surface area contributed by atoms with Crippen LogP contribution in [0.15, 0.2) is 0 Å². The van der Waals surface area contributed by atoms with Crippen LogP contribution in [0.3, 0.4) is 0 Å². The Labute approximate surface area is 80.0 Å². The van der Waals surface area contributed by atoms with Gasteiger partial charge in [-0.15, -0.1) is 0 Å². The van der Waals surface area contributed by atoms with Crippen LogP contribution in [0.5, 0.6) is 0 Å². The second-order valence-electron chi connectivity index (χ2n) is 4.44. The van der Waals surface area contributed by atoms with E-state index in [0.717, 1.165) is 19.0 Å². The SMILES string of the molecule is CN(CCC1CS(=O)(=O)C1)C1CC1. The van der Waals surface area contributed by atoms with Gasteiger partial charge < -0.3 is 4.90 Å². The summed E-state index contributed by atoms with van der Waals surface area (Å²) in [5, 5.41) is 0. The summed E-state index contributed by atoms with van der Waals surface area (Å²) in [6, 6.07) is 0.802. The van der Waals surface area contributed by atoms with E-state index in [9.17, 15) is 8.42 Å². The predicted molar refractivity (Wildman–Crippen MR) is 52.4 cm³/mol. The van der Waals surface area contributed by atoms with Gasteiger partial charge in [0.15, 0.2) is 9.84 Å². The Morgan fingerprint density at radius 2 is 1.92 bits per heavy atom. The minimum Gasteiger partial charge on any atom is -0.303 e. The lowest BCUT2D eigenvalue weighted by Crippen LogP contribution is -2.38. The average molecular weight is 203 g/mol. The van der Waals surface area contributed by atoms with Gasteiger partial charge in [0.25, 0.3) is 0 Å². The second-order valence-corrected chi connectivity index (χ2v) is 6.60. The summed E-state index contributed by atoms with van der Waals surface area (Å²) < 4.78 is 21.7. The van der Waals surface area contributed by atoms with Crippen molar-refractivity contribution in [2.75, 3.05) is 25.1 Å². The minimum atomic E-state index is -2.60. The lowest BCUT2D eigenvalue weighted by molar-refractivity contribution is 0.297. The summed E-state index contributed by atoms with van der Waals surface area (Å²) in [6.07, 6.45) is 3.73. The molecule has 0 unspecified atom stereocenters. The molecule has 1 aliphatic heterocycles. The topological polar surface area (TPSA) is 37.4 Å². The van der Waals surface area contributed by atoms with Gasteiger partial charge in [-0.1, -0.05) is 0 Å². The quantitative estimate of drug-likeness (QED) is 0.668. The molecule has 0 aromatic carbocycles. The Morgan fingerprint density at radius 3 is 2.38 bits per heavy atom. The van der Waals surface area contributed by atoms with Crippen molar-refractivity contribution in [2.24, 2.45) is 5.92 Å². The van der Waals surface area contributed by atoms with E-state index in [2.05, 4.69) is 11.9 Å². The van der Waals surface area contributed by atoms with E-state index in [1.807, 2.05) is 0 Å². The van der Waals surface area contributed by atoms with E-state index in [0.29, 0.717) is 17.4 Å². The van der Waals surface area contributed by atoms with Crippen molar-refractivity contribution in [2.45, 2.75) is 25.3 Å². The molecule has 0 radical (unpaired) electrons. The minimum absolute atomic E-state index is 0.436. The summed E-state index contributed by atoms with van der Waals surface area (Å²) >= 11 is 0. The molecule has 1 heterocycles. The van der Waals surface area contributed by atoms with Crippen LogP contribution in [0.2, 0.25) is 0 Å². The first kappa shape index (κ1) is 9.46. The Kier molecular flexibility index (Phi) is 2.36. The maximum atomic E-state index is 10.9. The largest absolute Gasteiger partial charge is 0.303 e. The van der Waals surface area contributed by atoms with Crippen LogP contribution in [0.1, 0.15) is 19.3 Å². The Balaban J connectivity index is 1.64. The van der Waals surface area contributed by atoms with Crippen molar-refractivity contribution in [3.8, 4) is 0 Å². The molecule has 2 rings (SSSR count). The molecule has 13 heavy (non-hydrogen) atoms. The van der Waals surface area contributed by atoms with Crippen LogP contribution in [-0.2, 0) is 9.84 Å². The molecule has 0 amide bonds. The Bertz CT molecular complexity index is 270. The van der Waals surface area contributed by atoms with E-state index in [4.69, 9.17) is 0 Å². The second kappa shape index (κ2) is 3.24. The molecule has 4 heteroatoms.